The van der Waals surface area contributed by atoms with Gasteiger partial charge in [0, 0.05) is 5.56 Å². The van der Waals surface area contributed by atoms with Gasteiger partial charge in [-0.15, -0.1) is 0 Å². The maximum atomic E-state index is 12.0. The average Bonchev–Trinajstić information content (AvgIpc) is 2.45. The second kappa shape index (κ2) is 5.78. The minimum absolute atomic E-state index is 0.0234. The Balaban J connectivity index is 2.31. The van der Waals surface area contributed by atoms with Gasteiger partial charge in [0.25, 0.3) is 0 Å². The molecule has 1 N–H and O–H groups in total. The van der Waals surface area contributed by atoms with Crippen LogP contribution in [0.5, 0.6) is 5.75 Å². The van der Waals surface area contributed by atoms with Gasteiger partial charge < -0.3 is 5.11 Å². The molecule has 0 saturated heterocycles. The fourth-order valence-corrected chi connectivity index (χ4v) is 1.70. The Hall–Kier alpha value is -2.68. The molecule has 0 atom stereocenters. The van der Waals surface area contributed by atoms with Crippen molar-refractivity contribution in [3.63, 3.8) is 0 Å². The van der Waals surface area contributed by atoms with E-state index >= 15 is 0 Å². The van der Waals surface area contributed by atoms with E-state index in [4.69, 9.17) is 0 Å². The molecule has 0 saturated carbocycles. The number of allylic oxidation sites excluding steroid dienone is 1. The molecule has 0 spiro atoms. The standard InChI is InChI=1S/C16H11O3/c17-11-13-7-4-8-14(18)16(13)15(19)10-9-12-5-2-1-3-6-12/h1-10,18H. The zero-order valence-electron chi connectivity index (χ0n) is 10.0. The first kappa shape index (κ1) is 12.8. The summed E-state index contributed by atoms with van der Waals surface area (Å²) in [4.78, 5) is 22.7. The molecule has 0 aromatic heterocycles. The molecular weight excluding hydrogens is 240 g/mol. The van der Waals surface area contributed by atoms with Gasteiger partial charge in [-0.25, -0.2) is 0 Å². The minimum atomic E-state index is -0.430. The van der Waals surface area contributed by atoms with Crippen molar-refractivity contribution in [1.29, 1.82) is 0 Å². The van der Waals surface area contributed by atoms with Crippen molar-refractivity contribution in [3.05, 3.63) is 71.3 Å². The Morgan fingerprint density at radius 3 is 2.47 bits per heavy atom. The van der Waals surface area contributed by atoms with Crippen LogP contribution in [0, 0.1) is 0 Å². The zero-order chi connectivity index (χ0) is 13.7. The van der Waals surface area contributed by atoms with E-state index in [1.54, 1.807) is 12.4 Å². The van der Waals surface area contributed by atoms with E-state index in [0.717, 1.165) is 5.56 Å². The molecule has 19 heavy (non-hydrogen) atoms. The van der Waals surface area contributed by atoms with Crippen molar-refractivity contribution in [1.82, 2.24) is 0 Å². The van der Waals surface area contributed by atoms with Crippen molar-refractivity contribution in [2.24, 2.45) is 0 Å². The van der Waals surface area contributed by atoms with Crippen LogP contribution in [-0.2, 0) is 4.79 Å². The van der Waals surface area contributed by atoms with Gasteiger partial charge in [-0.3, -0.25) is 9.59 Å². The molecule has 2 aromatic rings. The van der Waals surface area contributed by atoms with Gasteiger partial charge in [-0.05, 0) is 23.8 Å². The Kier molecular flexibility index (Phi) is 3.88. The summed E-state index contributed by atoms with van der Waals surface area (Å²) in [5, 5.41) is 9.66. The monoisotopic (exact) mass is 251 g/mol. The fourth-order valence-electron chi connectivity index (χ4n) is 1.70. The highest BCUT2D eigenvalue weighted by Crippen LogP contribution is 2.21. The third-order valence-corrected chi connectivity index (χ3v) is 2.63. The summed E-state index contributed by atoms with van der Waals surface area (Å²) >= 11 is 0. The summed E-state index contributed by atoms with van der Waals surface area (Å²) in [6.07, 6.45) is 4.60. The molecule has 3 nitrogen and oxygen atoms in total. The fraction of sp³-hybridized carbons (Fsp3) is 0. The highest BCUT2D eigenvalue weighted by molar-refractivity contribution is 6.12. The first-order valence-electron chi connectivity index (χ1n) is 5.70. The van der Waals surface area contributed by atoms with Gasteiger partial charge >= 0.3 is 0 Å². The number of hydrogen-bond acceptors (Lipinski definition) is 3. The molecular formula is C16H11O3. The van der Waals surface area contributed by atoms with Crippen molar-refractivity contribution >= 4 is 18.1 Å². The van der Waals surface area contributed by atoms with Gasteiger partial charge in [-0.2, -0.15) is 0 Å². The largest absolute Gasteiger partial charge is 0.507 e. The molecule has 0 aliphatic rings. The molecule has 0 bridgehead atoms. The summed E-state index contributed by atoms with van der Waals surface area (Å²) in [5.41, 5.74) is 0.898. The number of hydrogen-bond donors (Lipinski definition) is 1. The maximum Gasteiger partial charge on any atom is 0.234 e. The summed E-state index contributed by atoms with van der Waals surface area (Å²) < 4.78 is 0. The van der Waals surface area contributed by atoms with Crippen LogP contribution in [0.25, 0.3) is 6.08 Å². The van der Waals surface area contributed by atoms with Gasteiger partial charge in [0.15, 0.2) is 5.78 Å². The smallest absolute Gasteiger partial charge is 0.234 e. The van der Waals surface area contributed by atoms with E-state index in [0.29, 0.717) is 0 Å². The van der Waals surface area contributed by atoms with Crippen molar-refractivity contribution in [2.45, 2.75) is 0 Å². The Labute approximate surface area is 110 Å². The number of benzene rings is 2. The molecule has 2 rings (SSSR count). The third-order valence-electron chi connectivity index (χ3n) is 2.63. The molecule has 0 amide bonds. The number of ketones is 1. The highest BCUT2D eigenvalue weighted by atomic mass is 16.3. The van der Waals surface area contributed by atoms with Crippen LogP contribution in [-0.4, -0.2) is 17.2 Å². The number of phenolic OH excluding ortho intramolecular Hbond substituents is 1. The normalized spacial score (nSPS) is 10.5. The predicted molar refractivity (Wildman–Crippen MR) is 72.7 cm³/mol. The average molecular weight is 251 g/mol. The van der Waals surface area contributed by atoms with Crippen molar-refractivity contribution in [3.8, 4) is 5.75 Å². The van der Waals surface area contributed by atoms with E-state index in [2.05, 4.69) is 0 Å². The van der Waals surface area contributed by atoms with Crippen LogP contribution < -0.4 is 0 Å². The second-order valence-electron chi connectivity index (χ2n) is 3.91. The van der Waals surface area contributed by atoms with E-state index in [1.165, 1.54) is 24.3 Å². The lowest BCUT2D eigenvalue weighted by atomic mass is 10.0. The van der Waals surface area contributed by atoms with Crippen molar-refractivity contribution in [2.75, 3.05) is 0 Å². The lowest BCUT2D eigenvalue weighted by Gasteiger charge is -2.02. The molecule has 0 heterocycles. The van der Waals surface area contributed by atoms with E-state index in [9.17, 15) is 14.7 Å². The van der Waals surface area contributed by atoms with Crippen LogP contribution in [0.3, 0.4) is 0 Å². The topological polar surface area (TPSA) is 54.4 Å². The van der Waals surface area contributed by atoms with Crippen LogP contribution in [0.15, 0.2) is 54.6 Å². The van der Waals surface area contributed by atoms with E-state index in [-0.39, 0.29) is 16.9 Å². The summed E-state index contributed by atoms with van der Waals surface area (Å²) in [6.45, 7) is 0. The zero-order valence-corrected chi connectivity index (χ0v) is 10.0. The number of carbonyl (C=O) groups excluding carboxylic acids is 2. The van der Waals surface area contributed by atoms with Crippen LogP contribution >= 0.6 is 0 Å². The summed E-state index contributed by atoms with van der Waals surface area (Å²) in [7, 11) is 0. The molecule has 0 aliphatic heterocycles. The van der Waals surface area contributed by atoms with Gasteiger partial charge in [0.2, 0.25) is 6.29 Å². The molecule has 2 aromatic carbocycles. The molecule has 0 fully saturated rings. The maximum absolute atomic E-state index is 12.0. The molecule has 0 aliphatic carbocycles. The third kappa shape index (κ3) is 2.96. The van der Waals surface area contributed by atoms with Gasteiger partial charge in [0.05, 0.1) is 5.56 Å². The Morgan fingerprint density at radius 1 is 1.05 bits per heavy atom. The lowest BCUT2D eigenvalue weighted by Crippen LogP contribution is -2.00. The van der Waals surface area contributed by atoms with Gasteiger partial charge in [0.1, 0.15) is 5.75 Å². The van der Waals surface area contributed by atoms with Crippen LogP contribution in [0.4, 0.5) is 0 Å². The van der Waals surface area contributed by atoms with Crippen LogP contribution in [0.1, 0.15) is 21.5 Å². The molecule has 93 valence electrons. The Bertz CT molecular complexity index is 628. The molecule has 3 heteroatoms. The SMILES string of the molecule is O=[C]c1cccc(O)c1C(=O)C=Cc1ccccc1. The van der Waals surface area contributed by atoms with E-state index in [1.807, 2.05) is 30.3 Å². The number of aromatic hydroxyl groups is 1. The summed E-state index contributed by atoms with van der Waals surface area (Å²) in [6, 6.07) is 13.6. The predicted octanol–water partition coefficient (Wildman–Crippen LogP) is 2.75. The van der Waals surface area contributed by atoms with Gasteiger partial charge in [-0.1, -0.05) is 42.5 Å². The molecule has 1 radical (unpaired) electrons. The Morgan fingerprint density at radius 2 is 1.79 bits per heavy atom. The van der Waals surface area contributed by atoms with Crippen LogP contribution in [0.2, 0.25) is 0 Å². The first-order chi connectivity index (χ1) is 9.22. The minimum Gasteiger partial charge on any atom is -0.507 e. The quantitative estimate of drug-likeness (QED) is 0.671. The number of carbonyl (C=O) groups is 1. The first-order valence-corrected chi connectivity index (χ1v) is 5.70. The number of rotatable bonds is 4. The highest BCUT2D eigenvalue weighted by Gasteiger charge is 2.13. The second-order valence-corrected chi connectivity index (χ2v) is 3.91. The van der Waals surface area contributed by atoms with E-state index < -0.39 is 5.78 Å². The number of phenols is 1. The summed E-state index contributed by atoms with van der Waals surface area (Å²) in [5.74, 6) is -0.649. The molecule has 0 unspecified atom stereocenters. The lowest BCUT2D eigenvalue weighted by molar-refractivity contribution is 0.104. The van der Waals surface area contributed by atoms with Crippen molar-refractivity contribution < 1.29 is 14.7 Å².